The standard InChI is InChI=1S/C22H14ClNO4S/c23-18-10-8-17(9-11-18)22(25)28-19-12-6-16(7-13-19)14-21(15-24)29(26,27)20-4-2-1-3-5-20/h1-14H. The summed E-state index contributed by atoms with van der Waals surface area (Å²) >= 11 is 5.80. The lowest BCUT2D eigenvalue weighted by Crippen LogP contribution is -2.08. The first-order valence-electron chi connectivity index (χ1n) is 8.40. The van der Waals surface area contributed by atoms with Crippen LogP contribution in [0.25, 0.3) is 6.08 Å². The fraction of sp³-hybridized carbons (Fsp3) is 0. The van der Waals surface area contributed by atoms with E-state index in [4.69, 9.17) is 16.3 Å². The molecule has 5 nitrogen and oxygen atoms in total. The van der Waals surface area contributed by atoms with Crippen LogP contribution in [0.4, 0.5) is 0 Å². The van der Waals surface area contributed by atoms with E-state index in [2.05, 4.69) is 0 Å². The van der Waals surface area contributed by atoms with E-state index in [1.807, 2.05) is 0 Å². The van der Waals surface area contributed by atoms with E-state index in [0.717, 1.165) is 0 Å². The second-order valence-corrected chi connectivity index (χ2v) is 8.26. The Morgan fingerprint density at radius 2 is 1.55 bits per heavy atom. The number of hydrogen-bond acceptors (Lipinski definition) is 5. The van der Waals surface area contributed by atoms with Gasteiger partial charge in [-0.1, -0.05) is 41.9 Å². The van der Waals surface area contributed by atoms with E-state index < -0.39 is 15.8 Å². The highest BCUT2D eigenvalue weighted by Crippen LogP contribution is 2.22. The van der Waals surface area contributed by atoms with Crippen LogP contribution in [-0.2, 0) is 9.84 Å². The molecule has 0 aliphatic rings. The van der Waals surface area contributed by atoms with E-state index in [1.54, 1.807) is 60.7 Å². The average Bonchev–Trinajstić information content (AvgIpc) is 2.74. The number of hydrogen-bond donors (Lipinski definition) is 0. The minimum absolute atomic E-state index is 0.0429. The number of carbonyl (C=O) groups is 1. The van der Waals surface area contributed by atoms with Crippen LogP contribution < -0.4 is 4.74 Å². The van der Waals surface area contributed by atoms with Gasteiger partial charge in [0.05, 0.1) is 10.5 Å². The van der Waals surface area contributed by atoms with Crippen molar-refractivity contribution >= 4 is 33.5 Å². The van der Waals surface area contributed by atoms with Crippen molar-refractivity contribution in [1.82, 2.24) is 0 Å². The molecule has 0 radical (unpaired) electrons. The van der Waals surface area contributed by atoms with Crippen molar-refractivity contribution in [3.63, 3.8) is 0 Å². The van der Waals surface area contributed by atoms with Crippen LogP contribution in [0.1, 0.15) is 15.9 Å². The first-order valence-corrected chi connectivity index (χ1v) is 10.3. The molecule has 0 aliphatic carbocycles. The van der Waals surface area contributed by atoms with Crippen molar-refractivity contribution in [1.29, 1.82) is 5.26 Å². The second kappa shape index (κ2) is 8.74. The van der Waals surface area contributed by atoms with Crippen molar-refractivity contribution in [3.05, 3.63) is 99.9 Å². The summed E-state index contributed by atoms with van der Waals surface area (Å²) in [6, 6.07) is 21.9. The predicted molar refractivity (Wildman–Crippen MR) is 110 cm³/mol. The van der Waals surface area contributed by atoms with Gasteiger partial charge in [0, 0.05) is 5.02 Å². The zero-order valence-electron chi connectivity index (χ0n) is 14.9. The van der Waals surface area contributed by atoms with E-state index in [-0.39, 0.29) is 15.6 Å². The summed E-state index contributed by atoms with van der Waals surface area (Å²) < 4.78 is 30.5. The summed E-state index contributed by atoms with van der Waals surface area (Å²) in [6.07, 6.45) is 1.27. The molecule has 0 bridgehead atoms. The summed E-state index contributed by atoms with van der Waals surface area (Å²) in [7, 11) is -3.91. The van der Waals surface area contributed by atoms with Crippen molar-refractivity contribution in [2.24, 2.45) is 0 Å². The third kappa shape index (κ3) is 4.91. The molecule has 0 spiro atoms. The van der Waals surface area contributed by atoms with Gasteiger partial charge in [0.2, 0.25) is 9.84 Å². The van der Waals surface area contributed by atoms with Crippen LogP contribution in [-0.4, -0.2) is 14.4 Å². The van der Waals surface area contributed by atoms with Crippen LogP contribution in [0.2, 0.25) is 5.02 Å². The summed E-state index contributed by atoms with van der Waals surface area (Å²) in [6.45, 7) is 0. The zero-order valence-corrected chi connectivity index (χ0v) is 16.5. The van der Waals surface area contributed by atoms with E-state index in [1.165, 1.54) is 30.3 Å². The number of sulfone groups is 1. The minimum atomic E-state index is -3.91. The highest BCUT2D eigenvalue weighted by atomic mass is 35.5. The maximum Gasteiger partial charge on any atom is 0.343 e. The molecule has 29 heavy (non-hydrogen) atoms. The molecule has 0 fully saturated rings. The highest BCUT2D eigenvalue weighted by Gasteiger charge is 2.20. The Bertz CT molecular complexity index is 1190. The van der Waals surface area contributed by atoms with Gasteiger partial charge in [0.1, 0.15) is 16.7 Å². The van der Waals surface area contributed by atoms with Gasteiger partial charge in [0.25, 0.3) is 0 Å². The zero-order chi connectivity index (χ0) is 20.9. The molecule has 0 saturated carbocycles. The lowest BCUT2D eigenvalue weighted by molar-refractivity contribution is 0.0734. The normalized spacial score (nSPS) is 11.5. The Morgan fingerprint density at radius 3 is 2.14 bits per heavy atom. The topological polar surface area (TPSA) is 84.2 Å². The molecule has 0 heterocycles. The molecule has 0 amide bonds. The SMILES string of the molecule is N#CC(=Cc1ccc(OC(=O)c2ccc(Cl)cc2)cc1)S(=O)(=O)c1ccccc1. The third-order valence-electron chi connectivity index (χ3n) is 3.92. The number of esters is 1. The van der Waals surface area contributed by atoms with Gasteiger partial charge >= 0.3 is 5.97 Å². The maximum atomic E-state index is 12.6. The second-order valence-electron chi connectivity index (χ2n) is 5.90. The first-order chi connectivity index (χ1) is 13.9. The van der Waals surface area contributed by atoms with Crippen LogP contribution in [0, 0.1) is 11.3 Å². The Kier molecular flexibility index (Phi) is 6.13. The van der Waals surface area contributed by atoms with Gasteiger partial charge in [-0.15, -0.1) is 0 Å². The number of carbonyl (C=O) groups excluding carboxylic acids is 1. The fourth-order valence-electron chi connectivity index (χ4n) is 2.43. The smallest absolute Gasteiger partial charge is 0.343 e. The van der Waals surface area contributed by atoms with E-state index >= 15 is 0 Å². The summed E-state index contributed by atoms with van der Waals surface area (Å²) in [5, 5.41) is 9.84. The van der Waals surface area contributed by atoms with E-state index in [0.29, 0.717) is 16.1 Å². The molecule has 3 aromatic rings. The largest absolute Gasteiger partial charge is 0.423 e. The summed E-state index contributed by atoms with van der Waals surface area (Å²) in [5.74, 6) is -0.263. The van der Waals surface area contributed by atoms with Gasteiger partial charge in [-0.05, 0) is 60.2 Å². The Hall–Kier alpha value is -3.40. The molecule has 144 valence electrons. The van der Waals surface area contributed by atoms with Gasteiger partial charge in [-0.25, -0.2) is 13.2 Å². The van der Waals surface area contributed by atoms with E-state index in [9.17, 15) is 18.5 Å². The first kappa shape index (κ1) is 20.3. The molecule has 3 aromatic carbocycles. The van der Waals surface area contributed by atoms with Gasteiger partial charge < -0.3 is 4.74 Å². The monoisotopic (exact) mass is 423 g/mol. The Labute approximate surface area is 173 Å². The molecular formula is C22H14ClNO4S. The van der Waals surface area contributed by atoms with Crippen LogP contribution in [0.5, 0.6) is 5.75 Å². The molecule has 0 saturated heterocycles. The number of benzene rings is 3. The Balaban J connectivity index is 1.79. The predicted octanol–water partition coefficient (Wildman–Crippen LogP) is 4.90. The fourth-order valence-corrected chi connectivity index (χ4v) is 3.74. The molecule has 0 aliphatic heterocycles. The quantitative estimate of drug-likeness (QED) is 0.331. The number of rotatable bonds is 5. The highest BCUT2D eigenvalue weighted by molar-refractivity contribution is 7.95. The third-order valence-corrected chi connectivity index (χ3v) is 5.85. The molecule has 0 N–H and O–H groups in total. The maximum absolute atomic E-state index is 12.6. The molecule has 3 rings (SSSR count). The lowest BCUT2D eigenvalue weighted by Gasteiger charge is -2.06. The molecule has 0 atom stereocenters. The molecular weight excluding hydrogens is 410 g/mol. The molecule has 7 heteroatoms. The van der Waals surface area contributed by atoms with Crippen molar-refractivity contribution in [2.75, 3.05) is 0 Å². The van der Waals surface area contributed by atoms with Gasteiger partial charge in [-0.3, -0.25) is 0 Å². The van der Waals surface area contributed by atoms with Crippen molar-refractivity contribution < 1.29 is 17.9 Å². The molecule has 0 unspecified atom stereocenters. The number of halogens is 1. The number of ether oxygens (including phenoxy) is 1. The Morgan fingerprint density at radius 1 is 0.931 bits per heavy atom. The molecule has 0 aromatic heterocycles. The summed E-state index contributed by atoms with van der Waals surface area (Å²) in [5.41, 5.74) is 0.825. The average molecular weight is 424 g/mol. The van der Waals surface area contributed by atoms with Gasteiger partial charge in [0.15, 0.2) is 0 Å². The van der Waals surface area contributed by atoms with Crippen LogP contribution in [0.15, 0.2) is 88.7 Å². The number of nitriles is 1. The lowest BCUT2D eigenvalue weighted by atomic mass is 10.2. The van der Waals surface area contributed by atoms with Crippen LogP contribution >= 0.6 is 11.6 Å². The van der Waals surface area contributed by atoms with Gasteiger partial charge in [-0.2, -0.15) is 5.26 Å². The minimum Gasteiger partial charge on any atom is -0.423 e. The summed E-state index contributed by atoms with van der Waals surface area (Å²) in [4.78, 5) is 11.8. The van der Waals surface area contributed by atoms with Crippen LogP contribution in [0.3, 0.4) is 0 Å². The number of allylic oxidation sites excluding steroid dienone is 1. The van der Waals surface area contributed by atoms with Crippen molar-refractivity contribution in [2.45, 2.75) is 4.90 Å². The number of nitrogens with zero attached hydrogens (tertiary/aromatic N) is 1. The van der Waals surface area contributed by atoms with Crippen molar-refractivity contribution in [3.8, 4) is 11.8 Å².